The highest BCUT2D eigenvalue weighted by molar-refractivity contribution is 6.04. The Bertz CT molecular complexity index is 844. The van der Waals surface area contributed by atoms with Gasteiger partial charge >= 0.3 is 5.97 Å². The molecule has 7 heteroatoms. The Kier molecular flexibility index (Phi) is 4.07. The van der Waals surface area contributed by atoms with Crippen LogP contribution < -0.4 is 0 Å². The molecule has 7 nitrogen and oxygen atoms in total. The molecule has 1 aliphatic rings. The van der Waals surface area contributed by atoms with Gasteiger partial charge in [-0.1, -0.05) is 24.3 Å². The van der Waals surface area contributed by atoms with Gasteiger partial charge in [0.05, 0.1) is 0 Å². The summed E-state index contributed by atoms with van der Waals surface area (Å²) in [4.78, 5) is 36.5. The number of ether oxygens (including phenoxy) is 1. The van der Waals surface area contributed by atoms with Gasteiger partial charge in [0.1, 0.15) is 17.1 Å². The molecule has 0 atom stereocenters. The van der Waals surface area contributed by atoms with Crippen molar-refractivity contribution in [3.8, 4) is 11.5 Å². The lowest BCUT2D eigenvalue weighted by Gasteiger charge is -2.14. The number of likely N-dealkylation sites (tertiary alicyclic amines) is 1. The van der Waals surface area contributed by atoms with Crippen molar-refractivity contribution in [2.75, 3.05) is 13.2 Å². The highest BCUT2D eigenvalue weighted by Crippen LogP contribution is 2.35. The molecule has 124 valence electrons. The summed E-state index contributed by atoms with van der Waals surface area (Å²) in [5.41, 5.74) is -0.244. The van der Waals surface area contributed by atoms with Crippen LogP contribution in [-0.2, 0) is 14.3 Å². The van der Waals surface area contributed by atoms with E-state index in [1.54, 1.807) is 24.3 Å². The van der Waals surface area contributed by atoms with Crippen LogP contribution in [0.2, 0.25) is 0 Å². The molecule has 0 spiro atoms. The average Bonchev–Trinajstić information content (AvgIpc) is 3.02. The zero-order valence-electron chi connectivity index (χ0n) is 12.7. The van der Waals surface area contributed by atoms with Crippen LogP contribution in [0.1, 0.15) is 23.2 Å². The van der Waals surface area contributed by atoms with Crippen molar-refractivity contribution in [2.24, 2.45) is 0 Å². The molecule has 0 unspecified atom stereocenters. The van der Waals surface area contributed by atoms with Crippen molar-refractivity contribution in [2.45, 2.75) is 12.8 Å². The van der Waals surface area contributed by atoms with Crippen LogP contribution in [0.4, 0.5) is 0 Å². The first-order chi connectivity index (χ1) is 11.5. The molecule has 0 bridgehead atoms. The minimum absolute atomic E-state index is 0.184. The number of hydrogen-bond donors (Lipinski definition) is 2. The number of nitrogens with zero attached hydrogens (tertiary/aromatic N) is 1. The molecule has 1 aliphatic heterocycles. The van der Waals surface area contributed by atoms with E-state index in [1.165, 1.54) is 0 Å². The van der Waals surface area contributed by atoms with Gasteiger partial charge < -0.3 is 14.9 Å². The fraction of sp³-hybridized carbons (Fsp3) is 0.235. The maximum Gasteiger partial charge on any atom is 0.342 e. The third kappa shape index (κ3) is 2.76. The second kappa shape index (κ2) is 6.19. The average molecular weight is 329 g/mol. The number of amides is 2. The van der Waals surface area contributed by atoms with Crippen molar-refractivity contribution in [3.05, 3.63) is 35.9 Å². The van der Waals surface area contributed by atoms with E-state index in [4.69, 9.17) is 4.74 Å². The highest BCUT2D eigenvalue weighted by Gasteiger charge is 2.27. The Morgan fingerprint density at radius 1 is 1.17 bits per heavy atom. The number of rotatable bonds is 3. The van der Waals surface area contributed by atoms with E-state index >= 15 is 0 Å². The molecule has 1 heterocycles. The van der Waals surface area contributed by atoms with Gasteiger partial charge in [-0.3, -0.25) is 14.5 Å². The molecule has 0 aliphatic carbocycles. The second-order valence-electron chi connectivity index (χ2n) is 5.46. The predicted octanol–water partition coefficient (Wildman–Crippen LogP) is 1.56. The number of hydrogen-bond acceptors (Lipinski definition) is 6. The molecule has 24 heavy (non-hydrogen) atoms. The number of phenolic OH excluding ortho intramolecular Hbond substituents is 2. The van der Waals surface area contributed by atoms with E-state index in [9.17, 15) is 24.6 Å². The number of fused-ring (bicyclic) bond motifs is 1. The van der Waals surface area contributed by atoms with E-state index in [2.05, 4.69) is 0 Å². The fourth-order valence-corrected chi connectivity index (χ4v) is 2.69. The Hall–Kier alpha value is -3.09. The predicted molar refractivity (Wildman–Crippen MR) is 83.5 cm³/mol. The van der Waals surface area contributed by atoms with Crippen LogP contribution in [-0.4, -0.2) is 46.0 Å². The second-order valence-corrected chi connectivity index (χ2v) is 5.46. The van der Waals surface area contributed by atoms with Gasteiger partial charge in [-0.05, 0) is 12.5 Å². The molecule has 2 amide bonds. The maximum absolute atomic E-state index is 12.1. The largest absolute Gasteiger partial charge is 0.507 e. The van der Waals surface area contributed by atoms with Crippen LogP contribution in [0.5, 0.6) is 11.5 Å². The van der Waals surface area contributed by atoms with E-state index in [0.29, 0.717) is 30.2 Å². The van der Waals surface area contributed by atoms with Gasteiger partial charge in [-0.25, -0.2) is 4.79 Å². The Labute approximate surface area is 137 Å². The Morgan fingerprint density at radius 2 is 1.88 bits per heavy atom. The fourth-order valence-electron chi connectivity index (χ4n) is 2.69. The summed E-state index contributed by atoms with van der Waals surface area (Å²) in [6, 6.07) is 7.58. The van der Waals surface area contributed by atoms with Crippen LogP contribution in [0.3, 0.4) is 0 Å². The first-order valence-corrected chi connectivity index (χ1v) is 7.43. The monoisotopic (exact) mass is 329 g/mol. The van der Waals surface area contributed by atoms with Crippen LogP contribution in [0, 0.1) is 0 Å². The molecule has 1 saturated heterocycles. The minimum atomic E-state index is -0.950. The van der Waals surface area contributed by atoms with E-state index < -0.39 is 18.5 Å². The number of esters is 1. The number of phenols is 2. The van der Waals surface area contributed by atoms with Gasteiger partial charge in [-0.2, -0.15) is 0 Å². The summed E-state index contributed by atoms with van der Waals surface area (Å²) in [7, 11) is 0. The number of imide groups is 1. The van der Waals surface area contributed by atoms with Crippen molar-refractivity contribution < 1.29 is 29.3 Å². The zero-order valence-corrected chi connectivity index (χ0v) is 12.7. The number of carbonyl (C=O) groups excluding carboxylic acids is 3. The first-order valence-electron chi connectivity index (χ1n) is 7.43. The highest BCUT2D eigenvalue weighted by atomic mass is 16.5. The topological polar surface area (TPSA) is 104 Å². The standard InChI is InChI=1S/C17H15NO6/c19-13-8-12(16(22)11-5-2-1-4-10(11)13)17(23)24-9-15(21)18-7-3-6-14(18)20/h1-2,4-5,8,19,22H,3,6-7,9H2. The summed E-state index contributed by atoms with van der Waals surface area (Å²) in [5, 5.41) is 20.9. The number of aromatic hydroxyl groups is 2. The molecule has 0 saturated carbocycles. The lowest BCUT2D eigenvalue weighted by Crippen LogP contribution is -2.35. The number of benzene rings is 2. The Morgan fingerprint density at radius 3 is 2.54 bits per heavy atom. The van der Waals surface area contributed by atoms with Crippen LogP contribution in [0.25, 0.3) is 10.8 Å². The summed E-state index contributed by atoms with van der Waals surface area (Å²) in [6.07, 6.45) is 0.900. The normalized spacial score (nSPS) is 14.2. The van der Waals surface area contributed by atoms with Crippen molar-refractivity contribution >= 4 is 28.6 Å². The van der Waals surface area contributed by atoms with E-state index in [0.717, 1.165) is 11.0 Å². The quantitative estimate of drug-likeness (QED) is 0.654. The molecule has 1 fully saturated rings. The number of carbonyl (C=O) groups is 3. The van der Waals surface area contributed by atoms with Gasteiger partial charge in [0.25, 0.3) is 5.91 Å². The molecule has 2 aromatic rings. The third-order valence-electron chi connectivity index (χ3n) is 3.92. The van der Waals surface area contributed by atoms with Gasteiger partial charge in [-0.15, -0.1) is 0 Å². The molecular formula is C17H15NO6. The van der Waals surface area contributed by atoms with Gasteiger partial charge in [0, 0.05) is 23.7 Å². The van der Waals surface area contributed by atoms with Crippen LogP contribution in [0.15, 0.2) is 30.3 Å². The lowest BCUT2D eigenvalue weighted by molar-refractivity contribution is -0.143. The summed E-state index contributed by atoms with van der Waals surface area (Å²) >= 11 is 0. The molecule has 0 aromatic heterocycles. The molecule has 0 radical (unpaired) electrons. The molecule has 2 N–H and O–H groups in total. The summed E-state index contributed by atoms with van der Waals surface area (Å²) in [6.45, 7) is -0.283. The van der Waals surface area contributed by atoms with E-state index in [1.807, 2.05) is 0 Å². The minimum Gasteiger partial charge on any atom is -0.507 e. The van der Waals surface area contributed by atoms with Gasteiger partial charge in [0.2, 0.25) is 5.91 Å². The van der Waals surface area contributed by atoms with Crippen molar-refractivity contribution in [1.29, 1.82) is 0 Å². The maximum atomic E-state index is 12.1. The van der Waals surface area contributed by atoms with Crippen molar-refractivity contribution in [1.82, 2.24) is 4.90 Å². The molecular weight excluding hydrogens is 314 g/mol. The van der Waals surface area contributed by atoms with Gasteiger partial charge in [0.15, 0.2) is 6.61 Å². The summed E-state index contributed by atoms with van der Waals surface area (Å²) < 4.78 is 4.88. The Balaban J connectivity index is 1.78. The van der Waals surface area contributed by atoms with Crippen molar-refractivity contribution in [3.63, 3.8) is 0 Å². The molecule has 2 aromatic carbocycles. The third-order valence-corrected chi connectivity index (χ3v) is 3.92. The zero-order chi connectivity index (χ0) is 17.3. The van der Waals surface area contributed by atoms with Crippen LogP contribution >= 0.6 is 0 Å². The smallest absolute Gasteiger partial charge is 0.342 e. The summed E-state index contributed by atoms with van der Waals surface area (Å²) in [5.74, 6) is -2.36. The lowest BCUT2D eigenvalue weighted by atomic mass is 10.0. The SMILES string of the molecule is O=C(OCC(=O)N1CCCC1=O)c1cc(O)c2ccccc2c1O. The van der Waals surface area contributed by atoms with E-state index in [-0.39, 0.29) is 23.0 Å². The molecule has 3 rings (SSSR count). The first kappa shape index (κ1) is 15.8.